The second-order valence-corrected chi connectivity index (χ2v) is 3.28. The molecule has 2 aliphatic heterocycles. The first-order chi connectivity index (χ1) is 7.92. The van der Waals surface area contributed by atoms with Crippen LogP contribution in [0.15, 0.2) is 41.7 Å². The van der Waals surface area contributed by atoms with Crippen LogP contribution < -0.4 is 5.43 Å². The molecule has 16 heavy (non-hydrogen) atoms. The van der Waals surface area contributed by atoms with Crippen molar-refractivity contribution in [3.63, 3.8) is 0 Å². The number of imidazole rings is 1. The van der Waals surface area contributed by atoms with Gasteiger partial charge in [-0.15, -0.1) is 0 Å². The molecule has 1 N–H and O–H groups in total. The van der Waals surface area contributed by atoms with Gasteiger partial charge in [0.05, 0.1) is 19.0 Å². The second-order valence-electron chi connectivity index (χ2n) is 3.28. The van der Waals surface area contributed by atoms with E-state index in [1.54, 1.807) is 17.3 Å². The summed E-state index contributed by atoms with van der Waals surface area (Å²) < 4.78 is 6.94. The molecule has 80 valence electrons. The van der Waals surface area contributed by atoms with Crippen LogP contribution >= 0.6 is 0 Å². The lowest BCUT2D eigenvalue weighted by Gasteiger charge is -2.08. The minimum Gasteiger partial charge on any atom is -0.467 e. The number of nitrogens with zero attached hydrogens (tertiary/aromatic N) is 4. The van der Waals surface area contributed by atoms with E-state index in [9.17, 15) is 0 Å². The van der Waals surface area contributed by atoms with Crippen molar-refractivity contribution < 1.29 is 4.42 Å². The van der Waals surface area contributed by atoms with Gasteiger partial charge < -0.3 is 9.84 Å². The van der Waals surface area contributed by atoms with Crippen molar-refractivity contribution in [2.24, 2.45) is 0 Å². The first kappa shape index (κ1) is 8.90. The Morgan fingerprint density at radius 2 is 2.31 bits per heavy atom. The predicted molar refractivity (Wildman–Crippen MR) is 56.2 cm³/mol. The zero-order valence-electron chi connectivity index (χ0n) is 8.37. The molecule has 0 aromatic carbocycles. The minimum atomic E-state index is 0.596. The Kier molecular flexibility index (Phi) is 2.03. The highest BCUT2D eigenvalue weighted by Gasteiger charge is 2.06. The van der Waals surface area contributed by atoms with E-state index in [1.807, 2.05) is 18.3 Å². The van der Waals surface area contributed by atoms with E-state index < -0.39 is 0 Å². The molecule has 6 nitrogen and oxygen atoms in total. The number of rotatable bonds is 3. The molecule has 0 amide bonds. The van der Waals surface area contributed by atoms with Gasteiger partial charge in [-0.3, -0.25) is 4.68 Å². The Morgan fingerprint density at radius 3 is 3.19 bits per heavy atom. The number of aromatic nitrogens is 4. The van der Waals surface area contributed by atoms with E-state index in [1.165, 1.54) is 6.33 Å². The summed E-state index contributed by atoms with van der Waals surface area (Å²) in [4.78, 5) is 12.2. The van der Waals surface area contributed by atoms with Gasteiger partial charge in [-0.2, -0.15) is 0 Å². The zero-order valence-corrected chi connectivity index (χ0v) is 8.37. The highest BCUT2D eigenvalue weighted by molar-refractivity contribution is 5.47. The molecule has 6 heteroatoms. The zero-order chi connectivity index (χ0) is 10.8. The Hall–Kier alpha value is -2.37. The second kappa shape index (κ2) is 3.65. The Bertz CT molecular complexity index is 544. The summed E-state index contributed by atoms with van der Waals surface area (Å²) in [5, 5.41) is 0. The van der Waals surface area contributed by atoms with Gasteiger partial charge in [0.15, 0.2) is 5.82 Å². The van der Waals surface area contributed by atoms with Gasteiger partial charge in [-0.1, -0.05) is 0 Å². The quantitative estimate of drug-likeness (QED) is 0.708. The first-order valence-electron chi connectivity index (χ1n) is 4.83. The normalized spacial score (nSPS) is 10.8. The molecule has 3 heterocycles. The molecule has 0 atom stereocenters. The van der Waals surface area contributed by atoms with Gasteiger partial charge in [0.1, 0.15) is 24.1 Å². The Labute approximate surface area is 91.3 Å². The topological polar surface area (TPSA) is 68.8 Å². The third-order valence-corrected chi connectivity index (χ3v) is 2.19. The minimum absolute atomic E-state index is 0.596. The Balaban J connectivity index is 1.77. The number of furan rings is 1. The summed E-state index contributed by atoms with van der Waals surface area (Å²) in [6, 6.07) is 3.76. The summed E-state index contributed by atoms with van der Waals surface area (Å²) in [5.74, 6) is 1.51. The van der Waals surface area contributed by atoms with Gasteiger partial charge in [0.2, 0.25) is 0 Å². The molecule has 0 radical (unpaired) electrons. The van der Waals surface area contributed by atoms with Crippen LogP contribution in [-0.2, 0) is 6.54 Å². The SMILES string of the molecule is c1coc(CNn2cnc3ncnc-3c2)c1. The van der Waals surface area contributed by atoms with E-state index in [4.69, 9.17) is 4.42 Å². The maximum absolute atomic E-state index is 5.20. The molecule has 1 aromatic rings. The van der Waals surface area contributed by atoms with Crippen LogP contribution in [0.1, 0.15) is 5.76 Å². The van der Waals surface area contributed by atoms with Gasteiger partial charge in [-0.25, -0.2) is 15.0 Å². The van der Waals surface area contributed by atoms with E-state index in [-0.39, 0.29) is 0 Å². The van der Waals surface area contributed by atoms with E-state index in [2.05, 4.69) is 20.4 Å². The smallest absolute Gasteiger partial charge is 0.182 e. The molecule has 3 rings (SSSR count). The van der Waals surface area contributed by atoms with Crippen molar-refractivity contribution in [3.8, 4) is 11.5 Å². The summed E-state index contributed by atoms with van der Waals surface area (Å²) in [6.45, 7) is 0.596. The van der Waals surface area contributed by atoms with Crippen molar-refractivity contribution in [1.82, 2.24) is 19.6 Å². The molecule has 0 aliphatic carbocycles. The average Bonchev–Trinajstić information content (AvgIpc) is 2.97. The molecule has 0 bridgehead atoms. The molecule has 0 saturated heterocycles. The lowest BCUT2D eigenvalue weighted by atomic mass is 10.4. The highest BCUT2D eigenvalue weighted by atomic mass is 16.3. The fraction of sp³-hybridized carbons (Fsp3) is 0.100. The third kappa shape index (κ3) is 1.60. The predicted octanol–water partition coefficient (Wildman–Crippen LogP) is 1.11. The van der Waals surface area contributed by atoms with Crippen LogP contribution in [0.25, 0.3) is 11.5 Å². The number of nitrogens with one attached hydrogen (secondary N) is 1. The monoisotopic (exact) mass is 215 g/mol. The standard InChI is InChI=1S/C10H9N5O/c1-2-8(16-3-1)4-14-15-5-9-10(13-7-15)12-6-11-9/h1-3,5-7,14H,4H2. The van der Waals surface area contributed by atoms with Crippen molar-refractivity contribution >= 4 is 0 Å². The number of hydrogen-bond acceptors (Lipinski definition) is 5. The molecule has 1 aromatic heterocycles. The van der Waals surface area contributed by atoms with Gasteiger partial charge in [0.25, 0.3) is 0 Å². The van der Waals surface area contributed by atoms with Gasteiger partial charge in [0, 0.05) is 0 Å². The molecular weight excluding hydrogens is 206 g/mol. The molecule has 0 fully saturated rings. The fourth-order valence-electron chi connectivity index (χ4n) is 1.41. The van der Waals surface area contributed by atoms with Crippen molar-refractivity contribution in [3.05, 3.63) is 43.0 Å². The summed E-state index contributed by atoms with van der Waals surface area (Å²) in [5.41, 5.74) is 3.88. The first-order valence-corrected chi connectivity index (χ1v) is 4.83. The van der Waals surface area contributed by atoms with Crippen LogP contribution in [-0.4, -0.2) is 19.6 Å². The third-order valence-electron chi connectivity index (χ3n) is 2.19. The van der Waals surface area contributed by atoms with Crippen LogP contribution in [0.3, 0.4) is 0 Å². The van der Waals surface area contributed by atoms with Crippen molar-refractivity contribution in [2.75, 3.05) is 5.43 Å². The van der Waals surface area contributed by atoms with E-state index >= 15 is 0 Å². The molecular formula is C10H9N5O. The van der Waals surface area contributed by atoms with Gasteiger partial charge >= 0.3 is 0 Å². The lowest BCUT2D eigenvalue weighted by Crippen LogP contribution is -2.15. The van der Waals surface area contributed by atoms with Crippen molar-refractivity contribution in [1.29, 1.82) is 0 Å². The summed E-state index contributed by atoms with van der Waals surface area (Å²) in [6.07, 6.45) is 6.62. The van der Waals surface area contributed by atoms with Crippen LogP contribution in [0, 0.1) is 0 Å². The fourth-order valence-corrected chi connectivity index (χ4v) is 1.41. The molecule has 0 saturated carbocycles. The average molecular weight is 215 g/mol. The highest BCUT2D eigenvalue weighted by Crippen LogP contribution is 2.10. The van der Waals surface area contributed by atoms with E-state index in [0.29, 0.717) is 12.4 Å². The summed E-state index contributed by atoms with van der Waals surface area (Å²) >= 11 is 0. The number of fused-ring (bicyclic) bond motifs is 1. The Morgan fingerprint density at radius 1 is 1.31 bits per heavy atom. The summed E-state index contributed by atoms with van der Waals surface area (Å²) in [7, 11) is 0. The molecule has 0 unspecified atom stereocenters. The molecule has 0 spiro atoms. The largest absolute Gasteiger partial charge is 0.467 e. The lowest BCUT2D eigenvalue weighted by molar-refractivity contribution is 0.509. The van der Waals surface area contributed by atoms with Gasteiger partial charge in [-0.05, 0) is 12.1 Å². The van der Waals surface area contributed by atoms with Crippen molar-refractivity contribution in [2.45, 2.75) is 6.54 Å². The maximum atomic E-state index is 5.20. The number of hydrogen-bond donors (Lipinski definition) is 1. The molecule has 2 aliphatic rings. The van der Waals surface area contributed by atoms with Crippen LogP contribution in [0.4, 0.5) is 0 Å². The van der Waals surface area contributed by atoms with E-state index in [0.717, 1.165) is 11.5 Å². The van der Waals surface area contributed by atoms with Crippen LogP contribution in [0.2, 0.25) is 0 Å². The van der Waals surface area contributed by atoms with Crippen LogP contribution in [0.5, 0.6) is 0 Å². The maximum Gasteiger partial charge on any atom is 0.182 e.